The largest absolute Gasteiger partial charge is 0.381 e. The van der Waals surface area contributed by atoms with E-state index in [-0.39, 0.29) is 0 Å². The summed E-state index contributed by atoms with van der Waals surface area (Å²) < 4.78 is 5.35. The van der Waals surface area contributed by atoms with E-state index >= 15 is 0 Å². The van der Waals surface area contributed by atoms with Crippen LogP contribution in [-0.4, -0.2) is 19.0 Å². The van der Waals surface area contributed by atoms with Crippen LogP contribution in [-0.2, 0) is 9.53 Å². The number of rotatable bonds is 6. The van der Waals surface area contributed by atoms with E-state index in [2.05, 4.69) is 13.8 Å². The number of hydrogen-bond donors (Lipinski definition) is 0. The monoisotopic (exact) mass is 212 g/mol. The third-order valence-corrected chi connectivity index (χ3v) is 3.23. The minimum Gasteiger partial charge on any atom is -0.381 e. The Morgan fingerprint density at radius 1 is 1.33 bits per heavy atom. The molecule has 0 N–H and O–H groups in total. The molecule has 0 amide bonds. The highest BCUT2D eigenvalue weighted by atomic mass is 16.5. The van der Waals surface area contributed by atoms with E-state index in [4.69, 9.17) is 4.74 Å². The van der Waals surface area contributed by atoms with E-state index in [1.807, 2.05) is 0 Å². The fraction of sp³-hybridized carbons (Fsp3) is 0.923. The summed E-state index contributed by atoms with van der Waals surface area (Å²) in [5.41, 5.74) is 0. The summed E-state index contributed by atoms with van der Waals surface area (Å²) in [7, 11) is 0. The van der Waals surface area contributed by atoms with Gasteiger partial charge in [0.2, 0.25) is 0 Å². The number of carbonyl (C=O) groups is 1. The van der Waals surface area contributed by atoms with Gasteiger partial charge in [0.1, 0.15) is 5.78 Å². The zero-order chi connectivity index (χ0) is 11.1. The van der Waals surface area contributed by atoms with Gasteiger partial charge in [0.15, 0.2) is 0 Å². The van der Waals surface area contributed by atoms with Gasteiger partial charge >= 0.3 is 0 Å². The van der Waals surface area contributed by atoms with Crippen LogP contribution in [0.5, 0.6) is 0 Å². The molecule has 1 fully saturated rings. The van der Waals surface area contributed by atoms with Gasteiger partial charge in [-0.1, -0.05) is 26.7 Å². The highest BCUT2D eigenvalue weighted by Crippen LogP contribution is 2.29. The van der Waals surface area contributed by atoms with Gasteiger partial charge < -0.3 is 4.74 Å². The second-order valence-electron chi connectivity index (χ2n) is 4.80. The van der Waals surface area contributed by atoms with Crippen molar-refractivity contribution in [1.82, 2.24) is 0 Å². The Kier molecular flexibility index (Phi) is 5.92. The van der Waals surface area contributed by atoms with E-state index in [0.29, 0.717) is 24.7 Å². The van der Waals surface area contributed by atoms with Crippen LogP contribution in [0, 0.1) is 11.8 Å². The molecule has 0 aliphatic heterocycles. The van der Waals surface area contributed by atoms with Crippen molar-refractivity contribution < 1.29 is 9.53 Å². The SMILES string of the molecule is CCCOCCC(=O)C1CCCC(C)C1. The first-order chi connectivity index (χ1) is 7.24. The highest BCUT2D eigenvalue weighted by Gasteiger charge is 2.24. The van der Waals surface area contributed by atoms with Crippen molar-refractivity contribution in [3.8, 4) is 0 Å². The predicted molar refractivity (Wildman–Crippen MR) is 61.9 cm³/mol. The second-order valence-corrected chi connectivity index (χ2v) is 4.80. The van der Waals surface area contributed by atoms with Crippen LogP contribution in [0.1, 0.15) is 52.4 Å². The third-order valence-electron chi connectivity index (χ3n) is 3.23. The van der Waals surface area contributed by atoms with Crippen molar-refractivity contribution in [1.29, 1.82) is 0 Å². The van der Waals surface area contributed by atoms with Crippen LogP contribution in [0.4, 0.5) is 0 Å². The normalized spacial score (nSPS) is 26.5. The Labute approximate surface area is 93.4 Å². The molecule has 0 aromatic carbocycles. The van der Waals surface area contributed by atoms with E-state index in [0.717, 1.165) is 31.8 Å². The Hall–Kier alpha value is -0.370. The first-order valence-corrected chi connectivity index (χ1v) is 6.34. The molecule has 1 aliphatic rings. The van der Waals surface area contributed by atoms with Crippen molar-refractivity contribution in [2.45, 2.75) is 52.4 Å². The van der Waals surface area contributed by atoms with Gasteiger partial charge in [-0.3, -0.25) is 4.79 Å². The summed E-state index contributed by atoms with van der Waals surface area (Å²) in [6.07, 6.45) is 6.40. The number of ketones is 1. The Morgan fingerprint density at radius 2 is 2.13 bits per heavy atom. The summed E-state index contributed by atoms with van der Waals surface area (Å²) >= 11 is 0. The average Bonchev–Trinajstić information content (AvgIpc) is 2.24. The van der Waals surface area contributed by atoms with Gasteiger partial charge in [0.25, 0.3) is 0 Å². The molecular weight excluding hydrogens is 188 g/mol. The molecule has 0 spiro atoms. The zero-order valence-electron chi connectivity index (χ0n) is 10.1. The lowest BCUT2D eigenvalue weighted by Crippen LogP contribution is -2.22. The van der Waals surface area contributed by atoms with E-state index in [1.165, 1.54) is 12.8 Å². The maximum absolute atomic E-state index is 11.8. The topological polar surface area (TPSA) is 26.3 Å². The molecule has 0 aromatic rings. The molecule has 2 nitrogen and oxygen atoms in total. The molecule has 1 saturated carbocycles. The maximum atomic E-state index is 11.8. The number of ether oxygens (including phenoxy) is 1. The molecule has 2 heteroatoms. The summed E-state index contributed by atoms with van der Waals surface area (Å²) in [6.45, 7) is 5.75. The molecule has 0 aromatic heterocycles. The highest BCUT2D eigenvalue weighted by molar-refractivity contribution is 5.81. The minimum atomic E-state index is 0.332. The molecule has 0 bridgehead atoms. The summed E-state index contributed by atoms with van der Waals surface area (Å²) in [6, 6.07) is 0. The average molecular weight is 212 g/mol. The molecule has 2 atom stereocenters. The van der Waals surface area contributed by atoms with Crippen molar-refractivity contribution in [2.24, 2.45) is 11.8 Å². The maximum Gasteiger partial charge on any atom is 0.138 e. The van der Waals surface area contributed by atoms with E-state index < -0.39 is 0 Å². The van der Waals surface area contributed by atoms with Crippen LogP contribution in [0.15, 0.2) is 0 Å². The molecule has 1 aliphatic carbocycles. The van der Waals surface area contributed by atoms with Gasteiger partial charge in [-0.15, -0.1) is 0 Å². The van der Waals surface area contributed by atoms with Crippen LogP contribution in [0.3, 0.4) is 0 Å². The fourth-order valence-corrected chi connectivity index (χ4v) is 2.35. The van der Waals surface area contributed by atoms with Gasteiger partial charge in [-0.25, -0.2) is 0 Å². The fourth-order valence-electron chi connectivity index (χ4n) is 2.35. The van der Waals surface area contributed by atoms with Crippen LogP contribution in [0.2, 0.25) is 0 Å². The zero-order valence-corrected chi connectivity index (χ0v) is 10.1. The second kappa shape index (κ2) is 7.00. The van der Waals surface area contributed by atoms with Gasteiger partial charge in [0, 0.05) is 18.9 Å². The number of Topliss-reactive ketones (excluding diaryl/α,β-unsaturated/α-hetero) is 1. The van der Waals surface area contributed by atoms with Crippen molar-refractivity contribution in [3.05, 3.63) is 0 Å². The Bertz CT molecular complexity index is 189. The van der Waals surface area contributed by atoms with Crippen LogP contribution >= 0.6 is 0 Å². The van der Waals surface area contributed by atoms with Gasteiger partial charge in [-0.05, 0) is 25.2 Å². The molecule has 0 saturated heterocycles. The third kappa shape index (κ3) is 4.78. The summed E-state index contributed by atoms with van der Waals surface area (Å²) in [5.74, 6) is 1.50. The molecular formula is C13H24O2. The summed E-state index contributed by atoms with van der Waals surface area (Å²) in [4.78, 5) is 11.8. The van der Waals surface area contributed by atoms with Crippen molar-refractivity contribution >= 4 is 5.78 Å². The molecule has 2 unspecified atom stereocenters. The van der Waals surface area contributed by atoms with Gasteiger partial charge in [-0.2, -0.15) is 0 Å². The molecule has 0 heterocycles. The predicted octanol–water partition coefficient (Wildman–Crippen LogP) is 3.20. The quantitative estimate of drug-likeness (QED) is 0.632. The van der Waals surface area contributed by atoms with Crippen LogP contribution in [0.25, 0.3) is 0 Å². The van der Waals surface area contributed by atoms with Gasteiger partial charge in [0.05, 0.1) is 6.61 Å². The lowest BCUT2D eigenvalue weighted by molar-refractivity contribution is -0.125. The number of carbonyl (C=O) groups excluding carboxylic acids is 1. The first-order valence-electron chi connectivity index (χ1n) is 6.34. The standard InChI is InChI=1S/C13H24O2/c1-3-8-15-9-7-13(14)12-6-4-5-11(2)10-12/h11-12H,3-10H2,1-2H3. The van der Waals surface area contributed by atoms with Crippen molar-refractivity contribution in [2.75, 3.05) is 13.2 Å². The lowest BCUT2D eigenvalue weighted by Gasteiger charge is -2.25. The first kappa shape index (κ1) is 12.7. The smallest absolute Gasteiger partial charge is 0.138 e. The van der Waals surface area contributed by atoms with Crippen LogP contribution < -0.4 is 0 Å². The molecule has 0 radical (unpaired) electrons. The molecule has 15 heavy (non-hydrogen) atoms. The lowest BCUT2D eigenvalue weighted by atomic mass is 9.80. The van der Waals surface area contributed by atoms with E-state index in [9.17, 15) is 4.79 Å². The Morgan fingerprint density at radius 3 is 2.80 bits per heavy atom. The Balaban J connectivity index is 2.15. The molecule has 1 rings (SSSR count). The van der Waals surface area contributed by atoms with Crippen molar-refractivity contribution in [3.63, 3.8) is 0 Å². The molecule has 88 valence electrons. The summed E-state index contributed by atoms with van der Waals surface area (Å²) in [5, 5.41) is 0. The van der Waals surface area contributed by atoms with E-state index in [1.54, 1.807) is 0 Å². The number of hydrogen-bond acceptors (Lipinski definition) is 2. The minimum absolute atomic E-state index is 0.332.